The highest BCUT2D eigenvalue weighted by atomic mass is 35.5. The Balaban J connectivity index is 1.96. The molecule has 0 aliphatic rings. The van der Waals surface area contributed by atoms with E-state index in [4.69, 9.17) is 16.3 Å². The number of methoxy groups -OCH3 is 1. The molecule has 0 aliphatic heterocycles. The molecule has 144 valence electrons. The predicted molar refractivity (Wildman–Crippen MR) is 114 cm³/mol. The van der Waals surface area contributed by atoms with Crippen LogP contribution < -0.4 is 10.3 Å². The molecule has 0 saturated heterocycles. The molecule has 0 unspecified atom stereocenters. The number of fused-ring (bicyclic) bond motifs is 1. The first kappa shape index (κ1) is 18.7. The van der Waals surface area contributed by atoms with Crippen LogP contribution in [0, 0.1) is 0 Å². The van der Waals surface area contributed by atoms with Gasteiger partial charge in [-0.25, -0.2) is 14.5 Å². The molecule has 7 heteroatoms. The van der Waals surface area contributed by atoms with Crippen molar-refractivity contribution < 1.29 is 9.84 Å². The average Bonchev–Trinajstić information content (AvgIpc) is 2.75. The summed E-state index contributed by atoms with van der Waals surface area (Å²) in [6, 6.07) is 17.3. The molecule has 2 aromatic carbocycles. The summed E-state index contributed by atoms with van der Waals surface area (Å²) in [6.07, 6.45) is 2.98. The Morgan fingerprint density at radius 1 is 1.10 bits per heavy atom. The molecule has 4 aromatic rings. The maximum absolute atomic E-state index is 13.1. The molecule has 0 amide bonds. The molecule has 2 aromatic heterocycles. The maximum atomic E-state index is 13.1. The van der Waals surface area contributed by atoms with Gasteiger partial charge in [0.1, 0.15) is 5.75 Å². The zero-order valence-corrected chi connectivity index (χ0v) is 16.2. The van der Waals surface area contributed by atoms with Crippen molar-refractivity contribution in [3.63, 3.8) is 0 Å². The molecule has 0 bridgehead atoms. The van der Waals surface area contributed by atoms with E-state index in [9.17, 15) is 9.90 Å². The van der Waals surface area contributed by atoms with Crippen LogP contribution >= 0.6 is 11.6 Å². The van der Waals surface area contributed by atoms with Gasteiger partial charge in [-0.15, -0.1) is 0 Å². The Hall–Kier alpha value is -3.64. The fourth-order valence-electron chi connectivity index (χ4n) is 3.05. The molecular weight excluding hydrogens is 390 g/mol. The highest BCUT2D eigenvalue weighted by Gasteiger charge is 2.16. The second-order valence-corrected chi connectivity index (χ2v) is 6.65. The Morgan fingerprint density at radius 2 is 1.90 bits per heavy atom. The molecule has 0 aliphatic carbocycles. The van der Waals surface area contributed by atoms with Gasteiger partial charge in [0.25, 0.3) is 5.56 Å². The number of benzene rings is 2. The summed E-state index contributed by atoms with van der Waals surface area (Å²) in [5.74, 6) is 0.777. The number of hydrogen-bond acceptors (Lipinski definition) is 5. The standard InChI is InChI=1S/C22H16ClN3O3/c1-29-16-6-4-5-15(11-16)26-21(27)18-8-3-2-7-17(18)19(22(26)28)13-25-20-10-9-14(23)12-24-20/h2-13,28H,1H3. The van der Waals surface area contributed by atoms with Crippen molar-refractivity contribution in [3.8, 4) is 17.3 Å². The summed E-state index contributed by atoms with van der Waals surface area (Å²) in [6.45, 7) is 0. The first-order chi connectivity index (χ1) is 14.1. The van der Waals surface area contributed by atoms with Crippen molar-refractivity contribution in [2.24, 2.45) is 4.99 Å². The number of aromatic hydroxyl groups is 1. The lowest BCUT2D eigenvalue weighted by atomic mass is 10.1. The maximum Gasteiger partial charge on any atom is 0.265 e. The van der Waals surface area contributed by atoms with Crippen molar-refractivity contribution in [2.75, 3.05) is 7.11 Å². The van der Waals surface area contributed by atoms with Crippen LogP contribution in [-0.4, -0.2) is 28.0 Å². The SMILES string of the molecule is COc1cccc(-n2c(O)c(C=Nc3ccc(Cl)cn3)c3ccccc3c2=O)c1. The van der Waals surface area contributed by atoms with Crippen molar-refractivity contribution in [2.45, 2.75) is 0 Å². The number of aromatic nitrogens is 2. The van der Waals surface area contributed by atoms with Crippen molar-refractivity contribution in [3.05, 3.63) is 87.8 Å². The van der Waals surface area contributed by atoms with Crippen LogP contribution in [0.4, 0.5) is 5.82 Å². The number of ether oxygens (including phenoxy) is 1. The first-order valence-corrected chi connectivity index (χ1v) is 9.13. The fourth-order valence-corrected chi connectivity index (χ4v) is 3.17. The van der Waals surface area contributed by atoms with Crippen LogP contribution in [0.1, 0.15) is 5.56 Å². The minimum atomic E-state index is -0.340. The van der Waals surface area contributed by atoms with E-state index < -0.39 is 0 Å². The molecular formula is C22H16ClN3O3. The number of rotatable bonds is 4. The lowest BCUT2D eigenvalue weighted by Crippen LogP contribution is -2.20. The first-order valence-electron chi connectivity index (χ1n) is 8.75. The molecule has 4 rings (SSSR count). The summed E-state index contributed by atoms with van der Waals surface area (Å²) in [7, 11) is 1.54. The van der Waals surface area contributed by atoms with E-state index in [2.05, 4.69) is 9.98 Å². The van der Waals surface area contributed by atoms with E-state index in [1.807, 2.05) is 0 Å². The minimum Gasteiger partial charge on any atom is -0.497 e. The third kappa shape index (κ3) is 3.58. The Kier molecular flexibility index (Phi) is 5.01. The van der Waals surface area contributed by atoms with Crippen molar-refractivity contribution >= 4 is 34.4 Å². The van der Waals surface area contributed by atoms with Crippen LogP contribution in [0.15, 0.2) is 76.6 Å². The average molecular weight is 406 g/mol. The Morgan fingerprint density at radius 3 is 2.62 bits per heavy atom. The van der Waals surface area contributed by atoms with Crippen LogP contribution in [0.5, 0.6) is 11.6 Å². The summed E-state index contributed by atoms with van der Waals surface area (Å²) in [5, 5.41) is 12.5. The third-order valence-corrected chi connectivity index (χ3v) is 4.68. The Labute approximate surface area is 171 Å². The lowest BCUT2D eigenvalue weighted by molar-refractivity contribution is 0.413. The van der Waals surface area contributed by atoms with Gasteiger partial charge in [0, 0.05) is 29.3 Å². The van der Waals surface area contributed by atoms with Gasteiger partial charge in [0.2, 0.25) is 5.88 Å². The van der Waals surface area contributed by atoms with E-state index in [1.165, 1.54) is 17.0 Å². The quantitative estimate of drug-likeness (QED) is 0.507. The molecule has 6 nitrogen and oxygen atoms in total. The van der Waals surface area contributed by atoms with Gasteiger partial charge in [-0.2, -0.15) is 0 Å². The van der Waals surface area contributed by atoms with E-state index in [0.29, 0.717) is 38.6 Å². The van der Waals surface area contributed by atoms with Crippen molar-refractivity contribution in [1.29, 1.82) is 0 Å². The minimum absolute atomic E-state index is 0.223. The molecule has 0 fully saturated rings. The van der Waals surface area contributed by atoms with Gasteiger partial charge in [-0.1, -0.05) is 35.9 Å². The monoisotopic (exact) mass is 405 g/mol. The Bertz CT molecular complexity index is 1280. The molecule has 0 radical (unpaired) electrons. The van der Waals surface area contributed by atoms with Gasteiger partial charge in [0.15, 0.2) is 5.82 Å². The van der Waals surface area contributed by atoms with E-state index in [1.54, 1.807) is 67.8 Å². The molecule has 0 spiro atoms. The van der Waals surface area contributed by atoms with E-state index in [-0.39, 0.29) is 11.4 Å². The number of nitrogens with zero attached hydrogens (tertiary/aromatic N) is 3. The zero-order valence-electron chi connectivity index (χ0n) is 15.4. The van der Waals surface area contributed by atoms with Gasteiger partial charge >= 0.3 is 0 Å². The molecule has 0 saturated carbocycles. The van der Waals surface area contributed by atoms with Crippen LogP contribution in [0.3, 0.4) is 0 Å². The zero-order chi connectivity index (χ0) is 20.4. The number of halogens is 1. The molecule has 29 heavy (non-hydrogen) atoms. The van der Waals surface area contributed by atoms with Gasteiger partial charge < -0.3 is 9.84 Å². The molecule has 0 atom stereocenters. The lowest BCUT2D eigenvalue weighted by Gasteiger charge is -2.14. The topological polar surface area (TPSA) is 76.7 Å². The summed E-state index contributed by atoms with van der Waals surface area (Å²) in [4.78, 5) is 21.6. The highest BCUT2D eigenvalue weighted by Crippen LogP contribution is 2.27. The number of pyridine rings is 2. The third-order valence-electron chi connectivity index (χ3n) is 4.45. The van der Waals surface area contributed by atoms with E-state index >= 15 is 0 Å². The number of hydrogen-bond donors (Lipinski definition) is 1. The smallest absolute Gasteiger partial charge is 0.265 e. The van der Waals surface area contributed by atoms with Gasteiger partial charge in [-0.3, -0.25) is 4.79 Å². The normalized spacial score (nSPS) is 11.2. The van der Waals surface area contributed by atoms with Crippen LogP contribution in [-0.2, 0) is 0 Å². The van der Waals surface area contributed by atoms with Gasteiger partial charge in [0.05, 0.1) is 23.4 Å². The van der Waals surface area contributed by atoms with Crippen LogP contribution in [0.2, 0.25) is 5.02 Å². The van der Waals surface area contributed by atoms with Crippen molar-refractivity contribution in [1.82, 2.24) is 9.55 Å². The number of aliphatic imine (C=N–C) groups is 1. The molecule has 1 N–H and O–H groups in total. The summed E-state index contributed by atoms with van der Waals surface area (Å²) in [5.41, 5.74) is 0.546. The predicted octanol–water partition coefficient (Wildman–Crippen LogP) is 4.50. The summed E-state index contributed by atoms with van der Waals surface area (Å²) < 4.78 is 6.48. The summed E-state index contributed by atoms with van der Waals surface area (Å²) >= 11 is 5.86. The largest absolute Gasteiger partial charge is 0.497 e. The second-order valence-electron chi connectivity index (χ2n) is 6.22. The highest BCUT2D eigenvalue weighted by molar-refractivity contribution is 6.30. The second kappa shape index (κ2) is 7.77. The fraction of sp³-hybridized carbons (Fsp3) is 0.0455. The van der Waals surface area contributed by atoms with E-state index in [0.717, 1.165) is 0 Å². The molecule has 2 heterocycles. The van der Waals surface area contributed by atoms with Crippen LogP contribution in [0.25, 0.3) is 16.5 Å². The van der Waals surface area contributed by atoms with Gasteiger partial charge in [-0.05, 0) is 30.3 Å².